The van der Waals surface area contributed by atoms with Gasteiger partial charge in [0.25, 0.3) is 5.91 Å². The van der Waals surface area contributed by atoms with E-state index in [2.05, 4.69) is 15.0 Å². The molecule has 2 N–H and O–H groups in total. The van der Waals surface area contributed by atoms with Crippen LogP contribution in [0.5, 0.6) is 5.75 Å². The molecule has 3 aromatic carbocycles. The number of anilines is 1. The summed E-state index contributed by atoms with van der Waals surface area (Å²) in [4.78, 5) is 29.8. The molecule has 0 bridgehead atoms. The van der Waals surface area contributed by atoms with Crippen LogP contribution in [0.15, 0.2) is 83.9 Å². The van der Waals surface area contributed by atoms with E-state index in [1.165, 1.54) is 30.3 Å². The molecule has 230 valence electrons. The Kier molecular flexibility index (Phi) is 10.0. The lowest BCUT2D eigenvalue weighted by Gasteiger charge is -2.14. The van der Waals surface area contributed by atoms with Crippen LogP contribution in [-0.2, 0) is 27.4 Å². The molecular formula is C30H24ClF4N3O5S. The van der Waals surface area contributed by atoms with Gasteiger partial charge in [0.15, 0.2) is 12.4 Å². The third kappa shape index (κ3) is 8.40. The number of carbonyl (C=O) groups is 2. The van der Waals surface area contributed by atoms with E-state index in [1.807, 2.05) is 0 Å². The number of carbonyl (C=O) groups excluding carboxylic acids is 2. The highest BCUT2D eigenvalue weighted by molar-refractivity contribution is 7.89. The van der Waals surface area contributed by atoms with Crippen molar-refractivity contribution >= 4 is 39.0 Å². The van der Waals surface area contributed by atoms with Crippen LogP contribution in [0.2, 0.25) is 5.02 Å². The summed E-state index contributed by atoms with van der Waals surface area (Å²) in [6.45, 7) is 1.09. The van der Waals surface area contributed by atoms with Gasteiger partial charge in [-0.25, -0.2) is 17.5 Å². The second-order valence-electron chi connectivity index (χ2n) is 9.48. The van der Waals surface area contributed by atoms with Gasteiger partial charge >= 0.3 is 6.18 Å². The Morgan fingerprint density at radius 3 is 2.45 bits per heavy atom. The average molecular weight is 650 g/mol. The molecule has 0 spiro atoms. The normalized spacial score (nSPS) is 11.7. The highest BCUT2D eigenvalue weighted by atomic mass is 35.5. The number of rotatable bonds is 11. The maximum absolute atomic E-state index is 13.9. The molecule has 1 aromatic heterocycles. The van der Waals surface area contributed by atoms with Crippen molar-refractivity contribution in [2.45, 2.75) is 24.4 Å². The summed E-state index contributed by atoms with van der Waals surface area (Å²) in [5, 5.41) is 2.62. The molecule has 0 aliphatic carbocycles. The number of amides is 1. The van der Waals surface area contributed by atoms with Gasteiger partial charge in [0.1, 0.15) is 11.6 Å². The van der Waals surface area contributed by atoms with Gasteiger partial charge in [-0.05, 0) is 79.2 Å². The molecule has 0 saturated carbocycles. The van der Waals surface area contributed by atoms with Gasteiger partial charge in [-0.1, -0.05) is 17.7 Å². The summed E-state index contributed by atoms with van der Waals surface area (Å²) in [5.41, 5.74) is -0.778. The molecule has 1 heterocycles. The molecule has 1 amide bonds. The first-order valence-electron chi connectivity index (χ1n) is 12.9. The van der Waals surface area contributed by atoms with Crippen molar-refractivity contribution < 1.29 is 40.3 Å². The number of benzene rings is 3. The lowest BCUT2D eigenvalue weighted by atomic mass is 10.00. The van der Waals surface area contributed by atoms with E-state index in [1.54, 1.807) is 31.3 Å². The molecule has 4 rings (SSSR count). The van der Waals surface area contributed by atoms with Gasteiger partial charge in [-0.3, -0.25) is 14.6 Å². The van der Waals surface area contributed by atoms with Gasteiger partial charge in [0.05, 0.1) is 16.0 Å². The fourth-order valence-electron chi connectivity index (χ4n) is 4.06. The van der Waals surface area contributed by atoms with Gasteiger partial charge in [-0.15, -0.1) is 0 Å². The number of ether oxygens (including phenoxy) is 1. The van der Waals surface area contributed by atoms with Crippen LogP contribution in [0, 0.1) is 12.7 Å². The molecule has 0 fully saturated rings. The number of hydrogen-bond donors (Lipinski definition) is 2. The summed E-state index contributed by atoms with van der Waals surface area (Å²) >= 11 is 5.98. The maximum atomic E-state index is 13.9. The topological polar surface area (TPSA) is 114 Å². The Labute approximate surface area is 255 Å². The van der Waals surface area contributed by atoms with Gasteiger partial charge in [0.2, 0.25) is 10.0 Å². The zero-order valence-corrected chi connectivity index (χ0v) is 24.5. The van der Waals surface area contributed by atoms with Gasteiger partial charge < -0.3 is 10.1 Å². The molecule has 4 aromatic rings. The largest absolute Gasteiger partial charge is 0.483 e. The lowest BCUT2D eigenvalue weighted by Crippen LogP contribution is -2.26. The van der Waals surface area contributed by atoms with Crippen LogP contribution in [0.25, 0.3) is 0 Å². The Bertz CT molecular complexity index is 1800. The molecular weight excluding hydrogens is 626 g/mol. The zero-order valence-electron chi connectivity index (χ0n) is 22.9. The summed E-state index contributed by atoms with van der Waals surface area (Å²) in [6, 6.07) is 14.6. The fourth-order valence-corrected chi connectivity index (χ4v) is 5.35. The van der Waals surface area contributed by atoms with Crippen LogP contribution < -0.4 is 14.8 Å². The Morgan fingerprint density at radius 1 is 1.00 bits per heavy atom. The fraction of sp³-hybridized carbons (Fsp3) is 0.167. The average Bonchev–Trinajstić information content (AvgIpc) is 2.96. The van der Waals surface area contributed by atoms with Crippen molar-refractivity contribution in [2.75, 3.05) is 18.5 Å². The van der Waals surface area contributed by atoms with E-state index in [0.29, 0.717) is 24.1 Å². The van der Waals surface area contributed by atoms with Crippen molar-refractivity contribution in [1.29, 1.82) is 0 Å². The number of sulfonamides is 1. The maximum Gasteiger partial charge on any atom is 0.416 e. The molecule has 14 heteroatoms. The number of aromatic nitrogens is 1. The Hall–Kier alpha value is -4.33. The van der Waals surface area contributed by atoms with E-state index in [0.717, 1.165) is 11.8 Å². The smallest absolute Gasteiger partial charge is 0.416 e. The van der Waals surface area contributed by atoms with Crippen molar-refractivity contribution in [2.24, 2.45) is 0 Å². The SMILES string of the molecule is Cc1cc(S(=O)(=O)NCCc2ccccn2)ccc1NC(=O)COc1ccc(Cl)cc1C(=O)c1cc(F)cc(C(F)(F)F)c1. The van der Waals surface area contributed by atoms with E-state index in [4.69, 9.17) is 16.3 Å². The number of ketones is 1. The highest BCUT2D eigenvalue weighted by Gasteiger charge is 2.32. The van der Waals surface area contributed by atoms with Crippen LogP contribution in [0.4, 0.5) is 23.2 Å². The Balaban J connectivity index is 1.42. The predicted octanol–water partition coefficient (Wildman–Crippen LogP) is 5.97. The first-order chi connectivity index (χ1) is 20.7. The van der Waals surface area contributed by atoms with Crippen LogP contribution in [-0.4, -0.2) is 38.2 Å². The zero-order chi connectivity index (χ0) is 32.1. The second kappa shape index (κ2) is 13.5. The number of nitrogens with one attached hydrogen (secondary N) is 2. The standard InChI is InChI=1S/C30H24ClF4N3O5S/c1-18-12-24(44(41,42)37-11-9-23-4-2-3-10-36-23)6-7-26(18)38-28(39)17-43-27-8-5-21(31)16-25(27)29(40)19-13-20(30(33,34)35)15-22(32)14-19/h2-8,10,12-16,37H,9,11,17H2,1H3,(H,38,39). The van der Waals surface area contributed by atoms with E-state index >= 15 is 0 Å². The number of pyridine rings is 1. The van der Waals surface area contributed by atoms with E-state index < -0.39 is 51.4 Å². The number of nitrogens with zero attached hydrogens (tertiary/aromatic N) is 1. The van der Waals surface area contributed by atoms with Crippen molar-refractivity contribution in [3.8, 4) is 5.75 Å². The number of hydrogen-bond acceptors (Lipinski definition) is 6. The summed E-state index contributed by atoms with van der Waals surface area (Å²) in [6.07, 6.45) is -2.88. The second-order valence-corrected chi connectivity index (χ2v) is 11.7. The summed E-state index contributed by atoms with van der Waals surface area (Å²) in [7, 11) is -3.84. The number of aryl methyl sites for hydroxylation is 1. The third-order valence-electron chi connectivity index (χ3n) is 6.21. The lowest BCUT2D eigenvalue weighted by molar-refractivity contribution is -0.137. The molecule has 8 nitrogen and oxygen atoms in total. The molecule has 0 radical (unpaired) electrons. The molecule has 44 heavy (non-hydrogen) atoms. The molecule has 0 aliphatic heterocycles. The summed E-state index contributed by atoms with van der Waals surface area (Å²) < 4.78 is 86.8. The highest BCUT2D eigenvalue weighted by Crippen LogP contribution is 2.32. The minimum Gasteiger partial charge on any atom is -0.483 e. The van der Waals surface area contributed by atoms with Crippen LogP contribution >= 0.6 is 11.6 Å². The molecule has 0 saturated heterocycles. The van der Waals surface area contributed by atoms with Gasteiger partial charge in [-0.2, -0.15) is 13.2 Å². The monoisotopic (exact) mass is 649 g/mol. The van der Waals surface area contributed by atoms with Crippen LogP contribution in [0.3, 0.4) is 0 Å². The van der Waals surface area contributed by atoms with Crippen molar-refractivity contribution in [3.05, 3.63) is 118 Å². The van der Waals surface area contributed by atoms with Crippen LogP contribution in [0.1, 0.15) is 32.7 Å². The van der Waals surface area contributed by atoms with E-state index in [-0.39, 0.29) is 39.5 Å². The third-order valence-corrected chi connectivity index (χ3v) is 7.91. The minimum atomic E-state index is -4.89. The first kappa shape index (κ1) is 32.6. The Morgan fingerprint density at radius 2 is 1.77 bits per heavy atom. The summed E-state index contributed by atoms with van der Waals surface area (Å²) in [5.74, 6) is -3.13. The van der Waals surface area contributed by atoms with Gasteiger partial charge in [0, 0.05) is 41.1 Å². The molecule has 0 atom stereocenters. The molecule has 0 unspecified atom stereocenters. The van der Waals surface area contributed by atoms with E-state index in [9.17, 15) is 35.6 Å². The van der Waals surface area contributed by atoms with Crippen molar-refractivity contribution in [3.63, 3.8) is 0 Å². The minimum absolute atomic E-state index is 0.0133. The predicted molar refractivity (Wildman–Crippen MR) is 155 cm³/mol. The first-order valence-corrected chi connectivity index (χ1v) is 14.7. The van der Waals surface area contributed by atoms with Crippen molar-refractivity contribution in [1.82, 2.24) is 9.71 Å². The number of alkyl halides is 3. The quantitative estimate of drug-likeness (QED) is 0.153. The number of halogens is 5. The molecule has 0 aliphatic rings.